The van der Waals surface area contributed by atoms with Gasteiger partial charge in [0.05, 0.1) is 0 Å². The summed E-state index contributed by atoms with van der Waals surface area (Å²) >= 11 is 0. The maximum Gasteiger partial charge on any atom is 0.298 e. The maximum atomic E-state index is 13.0. The van der Waals surface area contributed by atoms with Crippen molar-refractivity contribution in [3.05, 3.63) is 113 Å². The van der Waals surface area contributed by atoms with E-state index in [9.17, 15) is 10.1 Å². The SMILES string of the molecule is Cc1cc2c(cc1C)C1([N+](=O)[O-])c3cc(C)c(C)cc3C2c2cc(C)c(C)cc21. The summed E-state index contributed by atoms with van der Waals surface area (Å²) in [5, 5.41) is 13.0. The fraction of sp³-hybridized carbons (Fsp3) is 0.308. The van der Waals surface area contributed by atoms with Crippen LogP contribution in [0.25, 0.3) is 0 Å². The molecule has 0 fully saturated rings. The molecule has 0 spiro atoms. The van der Waals surface area contributed by atoms with Gasteiger partial charge in [-0.15, -0.1) is 0 Å². The Morgan fingerprint density at radius 3 is 1.17 bits per heavy atom. The van der Waals surface area contributed by atoms with Gasteiger partial charge in [-0.1, -0.05) is 18.2 Å². The Morgan fingerprint density at radius 1 is 0.621 bits per heavy atom. The number of rotatable bonds is 1. The van der Waals surface area contributed by atoms with Gasteiger partial charge in [-0.2, -0.15) is 0 Å². The average Bonchev–Trinajstić information content (AvgIpc) is 2.64. The van der Waals surface area contributed by atoms with E-state index in [2.05, 4.69) is 57.2 Å². The smallest absolute Gasteiger partial charge is 0.263 e. The van der Waals surface area contributed by atoms with Crippen molar-refractivity contribution in [1.82, 2.24) is 0 Å². The van der Waals surface area contributed by atoms with Gasteiger partial charge in [-0.25, -0.2) is 0 Å². The second-order valence-electron chi connectivity index (χ2n) is 8.97. The van der Waals surface area contributed by atoms with Crippen LogP contribution in [0.1, 0.15) is 72.7 Å². The first-order chi connectivity index (χ1) is 13.7. The first-order valence-corrected chi connectivity index (χ1v) is 10.2. The second kappa shape index (κ2) is 5.56. The van der Waals surface area contributed by atoms with Gasteiger partial charge in [0, 0.05) is 27.5 Å². The van der Waals surface area contributed by atoms with Crippen molar-refractivity contribution >= 4 is 0 Å². The third kappa shape index (κ3) is 2.03. The van der Waals surface area contributed by atoms with Gasteiger partial charge in [0.25, 0.3) is 5.54 Å². The van der Waals surface area contributed by atoms with Gasteiger partial charge in [-0.05, 0) is 110 Å². The zero-order valence-corrected chi connectivity index (χ0v) is 17.8. The Hall–Kier alpha value is -2.94. The first kappa shape index (κ1) is 18.1. The molecule has 3 aromatic rings. The summed E-state index contributed by atoms with van der Waals surface area (Å²) in [6.45, 7) is 12.4. The second-order valence-corrected chi connectivity index (χ2v) is 8.97. The molecule has 2 bridgehead atoms. The summed E-state index contributed by atoms with van der Waals surface area (Å²) < 4.78 is 0. The van der Waals surface area contributed by atoms with Crippen molar-refractivity contribution in [3.63, 3.8) is 0 Å². The third-order valence-corrected chi connectivity index (χ3v) is 7.37. The third-order valence-electron chi connectivity index (χ3n) is 7.37. The molecule has 0 atom stereocenters. The molecule has 29 heavy (non-hydrogen) atoms. The van der Waals surface area contributed by atoms with E-state index in [-0.39, 0.29) is 10.8 Å². The molecule has 6 rings (SSSR count). The predicted molar refractivity (Wildman–Crippen MR) is 116 cm³/mol. The van der Waals surface area contributed by atoms with E-state index in [0.29, 0.717) is 0 Å². The molecule has 146 valence electrons. The minimum absolute atomic E-state index is 0.0444. The van der Waals surface area contributed by atoms with Gasteiger partial charge in [-0.3, -0.25) is 10.1 Å². The van der Waals surface area contributed by atoms with Crippen molar-refractivity contribution in [2.45, 2.75) is 53.0 Å². The lowest BCUT2D eigenvalue weighted by Gasteiger charge is -2.45. The lowest BCUT2D eigenvalue weighted by atomic mass is 9.56. The molecule has 0 heterocycles. The standard InChI is InChI=1S/C26H25NO2/c1-13-7-19-22(10-16(13)4)26(27(28)29)23-11-17(5)14(2)8-20(23)25(19)21-9-15(3)18(6)12-24(21)26/h7-12,25H,1-6H3. The molecule has 0 aromatic heterocycles. The minimum Gasteiger partial charge on any atom is -0.263 e. The monoisotopic (exact) mass is 383 g/mol. The van der Waals surface area contributed by atoms with Crippen molar-refractivity contribution in [3.8, 4) is 0 Å². The Kier molecular flexibility index (Phi) is 3.48. The number of nitro groups is 1. The molecular weight excluding hydrogens is 358 g/mol. The number of nitrogens with zero attached hydrogens (tertiary/aromatic N) is 1. The van der Waals surface area contributed by atoms with Crippen LogP contribution in [0.15, 0.2) is 36.4 Å². The van der Waals surface area contributed by atoms with Gasteiger partial charge in [0.15, 0.2) is 0 Å². The zero-order valence-electron chi connectivity index (χ0n) is 17.8. The van der Waals surface area contributed by atoms with Gasteiger partial charge in [0.2, 0.25) is 0 Å². The molecule has 0 N–H and O–H groups in total. The van der Waals surface area contributed by atoms with E-state index in [4.69, 9.17) is 0 Å². The normalized spacial score (nSPS) is 20.8. The van der Waals surface area contributed by atoms with Crippen molar-refractivity contribution in [1.29, 1.82) is 0 Å². The minimum atomic E-state index is -1.34. The molecule has 0 unspecified atom stereocenters. The number of benzene rings is 3. The molecule has 3 aliphatic rings. The van der Waals surface area contributed by atoms with E-state index >= 15 is 0 Å². The highest BCUT2D eigenvalue weighted by Gasteiger charge is 2.61. The van der Waals surface area contributed by atoms with Crippen molar-refractivity contribution in [2.24, 2.45) is 0 Å². The fourth-order valence-electron chi connectivity index (χ4n) is 5.40. The van der Waals surface area contributed by atoms with Gasteiger partial charge in [0.1, 0.15) is 0 Å². The highest BCUT2D eigenvalue weighted by Crippen LogP contribution is 2.60. The van der Waals surface area contributed by atoms with Crippen LogP contribution in [0.4, 0.5) is 0 Å². The molecule has 3 aliphatic carbocycles. The largest absolute Gasteiger partial charge is 0.298 e. The number of hydrogen-bond donors (Lipinski definition) is 0. The van der Waals surface area contributed by atoms with Crippen LogP contribution in [0, 0.1) is 51.7 Å². The van der Waals surface area contributed by atoms with E-state index in [1.54, 1.807) is 0 Å². The maximum absolute atomic E-state index is 13.0. The van der Waals surface area contributed by atoms with E-state index in [0.717, 1.165) is 50.1 Å². The Labute approximate surface area is 171 Å². The molecule has 3 heteroatoms. The summed E-state index contributed by atoms with van der Waals surface area (Å²) in [4.78, 5) is 13.0. The Morgan fingerprint density at radius 2 is 0.897 bits per heavy atom. The molecule has 3 aromatic carbocycles. The lowest BCUT2D eigenvalue weighted by molar-refractivity contribution is -0.554. The molecule has 3 nitrogen and oxygen atoms in total. The van der Waals surface area contributed by atoms with Crippen LogP contribution in [0.2, 0.25) is 0 Å². The zero-order chi connectivity index (χ0) is 20.8. The molecule has 0 amide bonds. The van der Waals surface area contributed by atoms with Crippen LogP contribution in [-0.2, 0) is 5.54 Å². The predicted octanol–water partition coefficient (Wildman–Crippen LogP) is 5.91. The van der Waals surface area contributed by atoms with Crippen molar-refractivity contribution < 1.29 is 4.92 Å². The van der Waals surface area contributed by atoms with Crippen LogP contribution in [0.3, 0.4) is 0 Å². The van der Waals surface area contributed by atoms with Crippen molar-refractivity contribution in [2.75, 3.05) is 0 Å². The highest BCUT2D eigenvalue weighted by atomic mass is 16.6. The van der Waals surface area contributed by atoms with E-state index in [1.165, 1.54) is 16.7 Å². The first-order valence-electron chi connectivity index (χ1n) is 10.2. The van der Waals surface area contributed by atoms with Gasteiger partial charge >= 0.3 is 0 Å². The summed E-state index contributed by atoms with van der Waals surface area (Å²) in [5.74, 6) is 0.0507. The quantitative estimate of drug-likeness (QED) is 0.387. The fourth-order valence-corrected chi connectivity index (χ4v) is 5.40. The van der Waals surface area contributed by atoms with Crippen LogP contribution < -0.4 is 0 Å². The average molecular weight is 383 g/mol. The molecular formula is C26H25NO2. The van der Waals surface area contributed by atoms with Crippen LogP contribution in [-0.4, -0.2) is 4.92 Å². The topological polar surface area (TPSA) is 43.1 Å². The van der Waals surface area contributed by atoms with Gasteiger partial charge < -0.3 is 0 Å². The Balaban J connectivity index is 2.04. The lowest BCUT2D eigenvalue weighted by Crippen LogP contribution is -2.48. The summed E-state index contributed by atoms with van der Waals surface area (Å²) in [6.07, 6.45) is 0. The molecule has 0 aliphatic heterocycles. The highest BCUT2D eigenvalue weighted by molar-refractivity contribution is 5.72. The van der Waals surface area contributed by atoms with Crippen LogP contribution in [0.5, 0.6) is 0 Å². The summed E-state index contributed by atoms with van der Waals surface area (Å²) in [5.41, 5.74) is 11.4. The summed E-state index contributed by atoms with van der Waals surface area (Å²) in [7, 11) is 0. The molecule has 0 saturated carbocycles. The summed E-state index contributed by atoms with van der Waals surface area (Å²) in [6, 6.07) is 12.8. The molecule has 0 saturated heterocycles. The number of hydrogen-bond acceptors (Lipinski definition) is 2. The van der Waals surface area contributed by atoms with E-state index in [1.807, 2.05) is 20.8 Å². The van der Waals surface area contributed by atoms with Crippen LogP contribution >= 0.6 is 0 Å². The Bertz CT molecular complexity index is 1110. The molecule has 0 radical (unpaired) electrons. The van der Waals surface area contributed by atoms with E-state index < -0.39 is 5.54 Å². The number of aryl methyl sites for hydroxylation is 6.